The quantitative estimate of drug-likeness (QED) is 0.325. The summed E-state index contributed by atoms with van der Waals surface area (Å²) in [7, 11) is 0. The second-order valence-electron chi connectivity index (χ2n) is 7.00. The van der Waals surface area contributed by atoms with Crippen molar-refractivity contribution in [3.8, 4) is 5.75 Å². The van der Waals surface area contributed by atoms with Gasteiger partial charge in [-0.2, -0.15) is 0 Å². The van der Waals surface area contributed by atoms with E-state index in [1.54, 1.807) is 0 Å². The summed E-state index contributed by atoms with van der Waals surface area (Å²) in [6.07, 6.45) is 13.8. The molecule has 1 saturated carbocycles. The molecule has 0 amide bonds. The summed E-state index contributed by atoms with van der Waals surface area (Å²) >= 11 is 0. The fourth-order valence-corrected chi connectivity index (χ4v) is 3.88. The van der Waals surface area contributed by atoms with Crippen LogP contribution in [0.4, 0.5) is 0 Å². The third-order valence-corrected chi connectivity index (χ3v) is 5.31. The Morgan fingerprint density at radius 1 is 1.00 bits per heavy atom. The average Bonchev–Trinajstić information content (AvgIpc) is 2.60. The zero-order valence-electron chi connectivity index (χ0n) is 14.9. The summed E-state index contributed by atoms with van der Waals surface area (Å²) in [5, 5.41) is 0. The lowest BCUT2D eigenvalue weighted by Crippen LogP contribution is -2.29. The van der Waals surface area contributed by atoms with E-state index in [2.05, 4.69) is 19.1 Å². The molecule has 1 fully saturated rings. The first-order valence-electron chi connectivity index (χ1n) is 9.51. The predicted octanol–water partition coefficient (Wildman–Crippen LogP) is 6.17. The van der Waals surface area contributed by atoms with E-state index in [4.69, 9.17) is 4.74 Å². The molecular weight excluding hydrogens is 284 g/mol. The van der Waals surface area contributed by atoms with Gasteiger partial charge in [-0.25, -0.2) is 0 Å². The van der Waals surface area contributed by atoms with Crippen LogP contribution in [0.2, 0.25) is 0 Å². The van der Waals surface area contributed by atoms with Crippen molar-refractivity contribution >= 4 is 5.97 Å². The smallest absolute Gasteiger partial charge is 0.310 e. The highest BCUT2D eigenvalue weighted by Crippen LogP contribution is 2.43. The molecule has 128 valence electrons. The largest absolute Gasteiger partial charge is 0.427 e. The maximum absolute atomic E-state index is 11.4. The normalized spacial score (nSPS) is 17.0. The van der Waals surface area contributed by atoms with Crippen molar-refractivity contribution in [3.63, 3.8) is 0 Å². The molecule has 23 heavy (non-hydrogen) atoms. The van der Waals surface area contributed by atoms with E-state index in [0.717, 1.165) is 0 Å². The van der Waals surface area contributed by atoms with E-state index in [1.807, 2.05) is 19.1 Å². The van der Waals surface area contributed by atoms with Gasteiger partial charge in [-0.3, -0.25) is 4.79 Å². The summed E-state index contributed by atoms with van der Waals surface area (Å²) in [4.78, 5) is 11.4. The van der Waals surface area contributed by atoms with E-state index in [-0.39, 0.29) is 5.97 Å². The van der Waals surface area contributed by atoms with Crippen LogP contribution < -0.4 is 4.74 Å². The average molecular weight is 316 g/mol. The third kappa shape index (κ3) is 5.09. The lowest BCUT2D eigenvalue weighted by molar-refractivity contribution is -0.134. The van der Waals surface area contributed by atoms with Crippen LogP contribution in [-0.2, 0) is 10.2 Å². The molecule has 1 aromatic carbocycles. The molecule has 0 aliphatic heterocycles. The van der Waals surface area contributed by atoms with Gasteiger partial charge in [-0.05, 0) is 42.4 Å². The first-order valence-corrected chi connectivity index (χ1v) is 9.51. The fraction of sp³-hybridized carbons (Fsp3) is 0.667. The maximum Gasteiger partial charge on any atom is 0.310 e. The Bertz CT molecular complexity index is 469. The molecule has 0 atom stereocenters. The molecule has 1 aliphatic rings. The molecule has 0 aromatic heterocycles. The van der Waals surface area contributed by atoms with Gasteiger partial charge in [0.1, 0.15) is 5.75 Å². The van der Waals surface area contributed by atoms with Crippen LogP contribution >= 0.6 is 0 Å². The molecule has 2 nitrogen and oxygen atoms in total. The summed E-state index contributed by atoms with van der Waals surface area (Å²) in [5.74, 6) is 0.516. The van der Waals surface area contributed by atoms with Crippen LogP contribution in [0.25, 0.3) is 0 Å². The maximum atomic E-state index is 11.4. The zero-order valence-corrected chi connectivity index (χ0v) is 14.9. The number of benzene rings is 1. The van der Waals surface area contributed by atoms with Crippen molar-refractivity contribution in [2.75, 3.05) is 0 Å². The van der Waals surface area contributed by atoms with E-state index in [1.165, 1.54) is 69.8 Å². The molecule has 0 spiro atoms. The number of ether oxygens (including phenoxy) is 1. The number of hydrogen-bond donors (Lipinski definition) is 0. The number of unbranched alkanes of at least 4 members (excludes halogenated alkanes) is 3. The van der Waals surface area contributed by atoms with Gasteiger partial charge in [-0.1, -0.05) is 70.9 Å². The molecule has 0 saturated heterocycles. The van der Waals surface area contributed by atoms with Gasteiger partial charge in [0.2, 0.25) is 0 Å². The topological polar surface area (TPSA) is 26.3 Å². The van der Waals surface area contributed by atoms with Crippen LogP contribution in [-0.4, -0.2) is 5.97 Å². The van der Waals surface area contributed by atoms with E-state index >= 15 is 0 Å². The molecular formula is C21H32O2. The lowest BCUT2D eigenvalue weighted by Gasteiger charge is -2.38. The Balaban J connectivity index is 2.07. The molecule has 0 radical (unpaired) electrons. The SMILES string of the molecule is CCCCCCC1(c2ccc(OC(=O)CC)cc2)CCCCC1. The van der Waals surface area contributed by atoms with Gasteiger partial charge in [-0.15, -0.1) is 0 Å². The number of carbonyl (C=O) groups excluding carboxylic acids is 1. The Labute approximate surface area is 141 Å². The second-order valence-corrected chi connectivity index (χ2v) is 7.00. The summed E-state index contributed by atoms with van der Waals surface area (Å²) < 4.78 is 5.31. The van der Waals surface area contributed by atoms with E-state index in [0.29, 0.717) is 17.6 Å². The third-order valence-electron chi connectivity index (χ3n) is 5.31. The number of rotatable bonds is 8. The molecule has 1 aliphatic carbocycles. The summed E-state index contributed by atoms with van der Waals surface area (Å²) in [5.41, 5.74) is 1.81. The Hall–Kier alpha value is -1.31. The Kier molecular flexibility index (Phi) is 7.14. The van der Waals surface area contributed by atoms with Crippen molar-refractivity contribution in [2.24, 2.45) is 0 Å². The van der Waals surface area contributed by atoms with E-state index in [9.17, 15) is 4.79 Å². The van der Waals surface area contributed by atoms with Crippen molar-refractivity contribution in [2.45, 2.75) is 89.9 Å². The number of esters is 1. The lowest BCUT2D eigenvalue weighted by atomic mass is 9.66. The summed E-state index contributed by atoms with van der Waals surface area (Å²) in [6, 6.07) is 8.35. The predicted molar refractivity (Wildman–Crippen MR) is 95.9 cm³/mol. The monoisotopic (exact) mass is 316 g/mol. The van der Waals surface area contributed by atoms with Crippen LogP contribution in [0, 0.1) is 0 Å². The highest BCUT2D eigenvalue weighted by Gasteiger charge is 2.33. The van der Waals surface area contributed by atoms with Gasteiger partial charge in [0.05, 0.1) is 0 Å². The van der Waals surface area contributed by atoms with Crippen molar-refractivity contribution in [3.05, 3.63) is 29.8 Å². The van der Waals surface area contributed by atoms with Crippen LogP contribution in [0.3, 0.4) is 0 Å². The number of hydrogen-bond acceptors (Lipinski definition) is 2. The van der Waals surface area contributed by atoms with Crippen LogP contribution in [0.1, 0.15) is 90.0 Å². The first kappa shape index (κ1) is 18.0. The standard InChI is InChI=1S/C21H32O2/c1-3-5-6-8-15-21(16-9-7-10-17-21)18-11-13-19(14-12-18)23-20(22)4-2/h11-14H,3-10,15-17H2,1-2H3. The minimum Gasteiger partial charge on any atom is -0.427 e. The van der Waals surface area contributed by atoms with Crippen molar-refractivity contribution in [1.29, 1.82) is 0 Å². The summed E-state index contributed by atoms with van der Waals surface area (Å²) in [6.45, 7) is 4.09. The second kappa shape index (κ2) is 9.10. The molecule has 1 aromatic rings. The van der Waals surface area contributed by atoms with Gasteiger partial charge in [0.25, 0.3) is 0 Å². The van der Waals surface area contributed by atoms with Gasteiger partial charge in [0, 0.05) is 6.42 Å². The van der Waals surface area contributed by atoms with Crippen LogP contribution in [0.15, 0.2) is 24.3 Å². The molecule has 0 bridgehead atoms. The van der Waals surface area contributed by atoms with Gasteiger partial charge < -0.3 is 4.74 Å². The molecule has 2 heteroatoms. The van der Waals surface area contributed by atoms with Crippen molar-refractivity contribution < 1.29 is 9.53 Å². The fourth-order valence-electron chi connectivity index (χ4n) is 3.88. The molecule has 0 heterocycles. The van der Waals surface area contributed by atoms with Crippen molar-refractivity contribution in [1.82, 2.24) is 0 Å². The minimum atomic E-state index is -0.162. The Morgan fingerprint density at radius 3 is 2.30 bits per heavy atom. The number of carbonyl (C=O) groups is 1. The van der Waals surface area contributed by atoms with E-state index < -0.39 is 0 Å². The zero-order chi connectivity index (χ0) is 16.5. The molecule has 2 rings (SSSR count). The molecule has 0 N–H and O–H groups in total. The van der Waals surface area contributed by atoms with Gasteiger partial charge in [0.15, 0.2) is 0 Å². The highest BCUT2D eigenvalue weighted by molar-refractivity contribution is 5.71. The van der Waals surface area contributed by atoms with Crippen LogP contribution in [0.5, 0.6) is 5.75 Å². The first-order chi connectivity index (χ1) is 11.2. The minimum absolute atomic E-state index is 0.162. The highest BCUT2D eigenvalue weighted by atomic mass is 16.5. The molecule has 0 unspecified atom stereocenters. The van der Waals surface area contributed by atoms with Gasteiger partial charge >= 0.3 is 5.97 Å². The Morgan fingerprint density at radius 2 is 1.70 bits per heavy atom.